The van der Waals surface area contributed by atoms with Crippen molar-refractivity contribution < 1.29 is 9.72 Å². The molecule has 1 N–H and O–H groups in total. The summed E-state index contributed by atoms with van der Waals surface area (Å²) in [5, 5.41) is 23.5. The van der Waals surface area contributed by atoms with Crippen LogP contribution in [-0.4, -0.2) is 38.9 Å². The zero-order chi connectivity index (χ0) is 26.6. The fraction of sp³-hybridized carbons (Fsp3) is 0.345. The third-order valence-electron chi connectivity index (χ3n) is 7.18. The Morgan fingerprint density at radius 1 is 1.03 bits per heavy atom. The third-order valence-corrected chi connectivity index (χ3v) is 7.18. The van der Waals surface area contributed by atoms with Crippen molar-refractivity contribution in [1.82, 2.24) is 15.0 Å². The Hall–Kier alpha value is -4.27. The molecule has 4 aromatic rings. The molecule has 38 heavy (non-hydrogen) atoms. The van der Waals surface area contributed by atoms with E-state index in [-0.39, 0.29) is 5.69 Å². The number of nitrogens with one attached hydrogen (secondary N) is 1. The van der Waals surface area contributed by atoms with Crippen LogP contribution in [0.3, 0.4) is 0 Å². The van der Waals surface area contributed by atoms with Crippen molar-refractivity contribution in [2.75, 3.05) is 23.3 Å². The molecule has 3 aromatic carbocycles. The summed E-state index contributed by atoms with van der Waals surface area (Å²) >= 11 is 0. The molecule has 0 aliphatic carbocycles. The number of benzene rings is 3. The van der Waals surface area contributed by atoms with Gasteiger partial charge in [0.05, 0.1) is 21.9 Å². The second kappa shape index (κ2) is 11.0. The van der Waals surface area contributed by atoms with Crippen LogP contribution in [0.4, 0.5) is 17.1 Å². The van der Waals surface area contributed by atoms with E-state index in [2.05, 4.69) is 46.4 Å². The minimum absolute atomic E-state index is 0.108. The van der Waals surface area contributed by atoms with Gasteiger partial charge >= 0.3 is 0 Å². The van der Waals surface area contributed by atoms with Crippen LogP contribution in [0.25, 0.3) is 16.7 Å². The molecule has 196 valence electrons. The maximum atomic E-state index is 13.4. The van der Waals surface area contributed by atoms with Crippen LogP contribution in [0.15, 0.2) is 60.7 Å². The van der Waals surface area contributed by atoms with Gasteiger partial charge in [-0.15, -0.1) is 10.2 Å². The van der Waals surface area contributed by atoms with Gasteiger partial charge in [0.1, 0.15) is 11.0 Å². The molecular weight excluding hydrogens is 480 g/mol. The highest BCUT2D eigenvalue weighted by Crippen LogP contribution is 2.30. The summed E-state index contributed by atoms with van der Waals surface area (Å²) < 4.78 is 0. The minimum Gasteiger partial charge on any atom is -0.371 e. The Kier molecular flexibility index (Phi) is 7.35. The van der Waals surface area contributed by atoms with Crippen LogP contribution in [0.1, 0.15) is 55.5 Å². The molecule has 1 aliphatic heterocycles. The van der Waals surface area contributed by atoms with Crippen LogP contribution >= 0.6 is 0 Å². The predicted octanol–water partition coefficient (Wildman–Crippen LogP) is 6.16. The van der Waals surface area contributed by atoms with Crippen molar-refractivity contribution in [3.8, 4) is 5.69 Å². The highest BCUT2D eigenvalue weighted by Gasteiger charge is 2.24. The lowest BCUT2D eigenvalue weighted by Crippen LogP contribution is -2.34. The minimum atomic E-state index is -0.473. The lowest BCUT2D eigenvalue weighted by molar-refractivity contribution is -0.384. The van der Waals surface area contributed by atoms with Crippen LogP contribution < -0.4 is 10.2 Å². The Balaban J connectivity index is 1.38. The Labute approximate surface area is 221 Å². The highest BCUT2D eigenvalue weighted by atomic mass is 16.6. The summed E-state index contributed by atoms with van der Waals surface area (Å²) in [4.78, 5) is 28.1. The number of hydrogen-bond acceptors (Lipinski definition) is 6. The number of amides is 1. The number of aromatic nitrogens is 3. The maximum absolute atomic E-state index is 13.4. The molecule has 0 atom stereocenters. The molecule has 0 bridgehead atoms. The number of nitro groups is 1. The molecule has 0 saturated carbocycles. The van der Waals surface area contributed by atoms with Crippen LogP contribution in [0.5, 0.6) is 0 Å². The molecule has 1 aliphatic rings. The van der Waals surface area contributed by atoms with E-state index in [9.17, 15) is 14.9 Å². The van der Waals surface area contributed by atoms with Gasteiger partial charge < -0.3 is 10.2 Å². The number of hydrogen-bond donors (Lipinski definition) is 1. The number of carbonyl (C=O) groups excluding carboxylic acids is 1. The van der Waals surface area contributed by atoms with E-state index in [4.69, 9.17) is 0 Å². The van der Waals surface area contributed by atoms with Gasteiger partial charge in [-0.05, 0) is 73.6 Å². The number of carbonyl (C=O) groups is 1. The molecular formula is C29H32N6O3. The predicted molar refractivity (Wildman–Crippen MR) is 149 cm³/mol. The van der Waals surface area contributed by atoms with Crippen molar-refractivity contribution in [3.05, 3.63) is 81.9 Å². The van der Waals surface area contributed by atoms with E-state index < -0.39 is 10.8 Å². The molecule has 1 amide bonds. The lowest BCUT2D eigenvalue weighted by Gasteiger charge is -2.33. The zero-order valence-electron chi connectivity index (χ0n) is 21.8. The maximum Gasteiger partial charge on any atom is 0.270 e. The fourth-order valence-electron chi connectivity index (χ4n) is 4.83. The first-order chi connectivity index (χ1) is 18.4. The number of piperidine rings is 1. The van der Waals surface area contributed by atoms with Crippen molar-refractivity contribution in [2.24, 2.45) is 5.92 Å². The van der Waals surface area contributed by atoms with Crippen molar-refractivity contribution in [1.29, 1.82) is 0 Å². The standard InChI is InChI=1S/C29H32N6O3/c1-3-4-5-21-6-9-23(10-7-21)34-31-26-12-8-22(18-27(26)32-34)30-29(36)25-19-24(35(37)38)11-13-28(25)33-16-14-20(2)15-17-33/h6-13,18-20H,3-5,14-17H2,1-2H3,(H,30,36). The first kappa shape index (κ1) is 25.4. The van der Waals surface area contributed by atoms with Gasteiger partial charge in [0.25, 0.3) is 11.6 Å². The number of nitrogens with zero attached hydrogens (tertiary/aromatic N) is 5. The summed E-state index contributed by atoms with van der Waals surface area (Å²) in [6, 6.07) is 18.1. The highest BCUT2D eigenvalue weighted by molar-refractivity contribution is 6.09. The largest absolute Gasteiger partial charge is 0.371 e. The summed E-state index contributed by atoms with van der Waals surface area (Å²) in [5.41, 5.74) is 4.95. The monoisotopic (exact) mass is 512 g/mol. The van der Waals surface area contributed by atoms with Crippen LogP contribution in [0.2, 0.25) is 0 Å². The summed E-state index contributed by atoms with van der Waals surface area (Å²) in [5.74, 6) is 0.234. The van der Waals surface area contributed by atoms with Gasteiger partial charge in [0.15, 0.2) is 0 Å². The average molecular weight is 513 g/mol. The smallest absolute Gasteiger partial charge is 0.270 e. The topological polar surface area (TPSA) is 106 Å². The molecule has 9 nitrogen and oxygen atoms in total. The van der Waals surface area contributed by atoms with Gasteiger partial charge in [0, 0.05) is 30.9 Å². The van der Waals surface area contributed by atoms with Gasteiger partial charge in [-0.3, -0.25) is 14.9 Å². The quantitative estimate of drug-likeness (QED) is 0.224. The molecule has 1 aromatic heterocycles. The first-order valence-electron chi connectivity index (χ1n) is 13.2. The molecule has 2 heterocycles. The summed E-state index contributed by atoms with van der Waals surface area (Å²) in [7, 11) is 0. The van der Waals surface area contributed by atoms with Crippen molar-refractivity contribution in [3.63, 3.8) is 0 Å². The fourth-order valence-corrected chi connectivity index (χ4v) is 4.83. The number of rotatable bonds is 8. The number of aryl methyl sites for hydroxylation is 1. The molecule has 0 unspecified atom stereocenters. The van der Waals surface area contributed by atoms with Gasteiger partial charge in [-0.2, -0.15) is 4.80 Å². The van der Waals surface area contributed by atoms with E-state index in [0.717, 1.165) is 56.6 Å². The third kappa shape index (κ3) is 5.51. The SMILES string of the molecule is CCCCc1ccc(-n2nc3ccc(NC(=O)c4cc([N+](=O)[O-])ccc4N4CCC(C)CC4)cc3n2)cc1. The number of anilines is 2. The second-order valence-electron chi connectivity index (χ2n) is 10.0. The van der Waals surface area contributed by atoms with Crippen molar-refractivity contribution in [2.45, 2.75) is 46.0 Å². The number of nitro benzene ring substituents is 1. The van der Waals surface area contributed by atoms with E-state index in [0.29, 0.717) is 28.2 Å². The Bertz CT molecular complexity index is 1460. The Morgan fingerprint density at radius 2 is 1.76 bits per heavy atom. The van der Waals surface area contributed by atoms with E-state index in [1.165, 1.54) is 17.7 Å². The average Bonchev–Trinajstić information content (AvgIpc) is 3.36. The zero-order valence-corrected chi connectivity index (χ0v) is 21.8. The lowest BCUT2D eigenvalue weighted by atomic mass is 9.98. The number of unbranched alkanes of at least 4 members (excludes halogenated alkanes) is 1. The molecule has 0 radical (unpaired) electrons. The second-order valence-corrected chi connectivity index (χ2v) is 10.0. The van der Waals surface area contributed by atoms with Crippen LogP contribution in [-0.2, 0) is 6.42 Å². The molecule has 0 spiro atoms. The first-order valence-corrected chi connectivity index (χ1v) is 13.2. The Morgan fingerprint density at radius 3 is 2.47 bits per heavy atom. The molecule has 1 saturated heterocycles. The van der Waals surface area contributed by atoms with Gasteiger partial charge in [-0.25, -0.2) is 0 Å². The molecule has 9 heteroatoms. The van der Waals surface area contributed by atoms with E-state index >= 15 is 0 Å². The van der Waals surface area contributed by atoms with Gasteiger partial charge in [0.2, 0.25) is 0 Å². The number of non-ortho nitro benzene ring substituents is 1. The van der Waals surface area contributed by atoms with Gasteiger partial charge in [-0.1, -0.05) is 32.4 Å². The summed E-state index contributed by atoms with van der Waals surface area (Å²) in [6.07, 6.45) is 5.41. The normalized spacial score (nSPS) is 14.1. The van der Waals surface area contributed by atoms with Crippen LogP contribution in [0, 0.1) is 16.0 Å². The van der Waals surface area contributed by atoms with E-state index in [1.54, 1.807) is 23.0 Å². The number of fused-ring (bicyclic) bond motifs is 1. The molecule has 5 rings (SSSR count). The molecule has 1 fully saturated rings. The van der Waals surface area contributed by atoms with Crippen molar-refractivity contribution >= 4 is 34.0 Å². The summed E-state index contributed by atoms with van der Waals surface area (Å²) in [6.45, 7) is 6.03. The van der Waals surface area contributed by atoms with E-state index in [1.807, 2.05) is 18.2 Å².